The molecule has 3 aromatic carbocycles. The molecule has 4 rings (SSSR count). The van der Waals surface area contributed by atoms with E-state index in [0.717, 1.165) is 4.90 Å². The summed E-state index contributed by atoms with van der Waals surface area (Å²) in [6.45, 7) is 0. The van der Waals surface area contributed by atoms with Crippen LogP contribution in [0.4, 0.5) is 17.2 Å². The maximum absolute atomic E-state index is 13.2. The topological polar surface area (TPSA) is 143 Å². The number of carbonyl (C=O) groups is 3. The lowest BCUT2D eigenvalue weighted by Crippen LogP contribution is -2.30. The van der Waals surface area contributed by atoms with Crippen LogP contribution < -0.4 is 16.0 Å². The SMILES string of the molecule is O=C(CSc1ccc(NC(=O)/C(=C/c2ccccc2[N+](=O)[O-])NC(=O)c2ccccc2)cc1)Nc1ccc(Cl)cn1. The van der Waals surface area contributed by atoms with Crippen molar-refractivity contribution in [3.05, 3.63) is 129 Å². The monoisotopic (exact) mass is 587 g/mol. The molecule has 1 heterocycles. The molecule has 0 atom stereocenters. The zero-order valence-corrected chi connectivity index (χ0v) is 22.8. The van der Waals surface area contributed by atoms with Gasteiger partial charge in [0, 0.05) is 28.4 Å². The predicted octanol–water partition coefficient (Wildman–Crippen LogP) is 5.78. The number of halogens is 1. The normalized spacial score (nSPS) is 10.9. The highest BCUT2D eigenvalue weighted by molar-refractivity contribution is 8.00. The fourth-order valence-electron chi connectivity index (χ4n) is 3.48. The number of anilines is 2. The molecule has 0 aliphatic rings. The quantitative estimate of drug-likeness (QED) is 0.0922. The highest BCUT2D eigenvalue weighted by atomic mass is 35.5. The van der Waals surface area contributed by atoms with Crippen molar-refractivity contribution in [2.75, 3.05) is 16.4 Å². The summed E-state index contributed by atoms with van der Waals surface area (Å²) < 4.78 is 0. The molecule has 3 amide bonds. The number of pyridine rings is 1. The molecule has 206 valence electrons. The van der Waals surface area contributed by atoms with Crippen LogP contribution in [0.25, 0.3) is 6.08 Å². The van der Waals surface area contributed by atoms with Gasteiger partial charge in [0.15, 0.2) is 0 Å². The second kappa shape index (κ2) is 13.9. The minimum atomic E-state index is -0.678. The van der Waals surface area contributed by atoms with Gasteiger partial charge in [-0.05, 0) is 60.7 Å². The number of aromatic nitrogens is 1. The zero-order valence-electron chi connectivity index (χ0n) is 21.2. The highest BCUT2D eigenvalue weighted by Gasteiger charge is 2.18. The summed E-state index contributed by atoms with van der Waals surface area (Å²) in [5.74, 6) is -0.958. The van der Waals surface area contributed by atoms with Crippen LogP contribution in [0.3, 0.4) is 0 Å². The third-order valence-corrected chi connectivity index (χ3v) is 6.67. The molecule has 41 heavy (non-hydrogen) atoms. The second-order valence-corrected chi connectivity index (χ2v) is 9.86. The number of rotatable bonds is 10. The molecule has 12 heteroatoms. The number of nitrogens with one attached hydrogen (secondary N) is 3. The smallest absolute Gasteiger partial charge is 0.276 e. The first kappa shape index (κ1) is 29.0. The van der Waals surface area contributed by atoms with Gasteiger partial charge >= 0.3 is 0 Å². The van der Waals surface area contributed by atoms with E-state index in [0.29, 0.717) is 22.1 Å². The van der Waals surface area contributed by atoms with Crippen LogP contribution in [0.2, 0.25) is 5.02 Å². The number of nitro groups is 1. The number of para-hydroxylation sites is 1. The van der Waals surface area contributed by atoms with Crippen LogP contribution >= 0.6 is 23.4 Å². The molecular formula is C29H22ClN5O5S. The van der Waals surface area contributed by atoms with Crippen molar-refractivity contribution in [1.82, 2.24) is 10.3 Å². The number of amides is 3. The fraction of sp³-hybridized carbons (Fsp3) is 0.0345. The number of thioether (sulfide) groups is 1. The van der Waals surface area contributed by atoms with Crippen molar-refractivity contribution in [2.45, 2.75) is 4.90 Å². The summed E-state index contributed by atoms with van der Waals surface area (Å²) in [6, 6.07) is 24.1. The van der Waals surface area contributed by atoms with Gasteiger partial charge < -0.3 is 16.0 Å². The number of benzene rings is 3. The molecule has 3 N–H and O–H groups in total. The van der Waals surface area contributed by atoms with E-state index in [2.05, 4.69) is 20.9 Å². The molecule has 1 aromatic heterocycles. The number of nitrogens with zero attached hydrogens (tertiary/aromatic N) is 2. The summed E-state index contributed by atoms with van der Waals surface area (Å²) in [7, 11) is 0. The molecule has 0 unspecified atom stereocenters. The predicted molar refractivity (Wildman–Crippen MR) is 159 cm³/mol. The molecule has 0 radical (unpaired) electrons. The third-order valence-electron chi connectivity index (χ3n) is 5.44. The third kappa shape index (κ3) is 8.49. The second-order valence-electron chi connectivity index (χ2n) is 8.37. The van der Waals surface area contributed by atoms with E-state index in [9.17, 15) is 24.5 Å². The minimum Gasteiger partial charge on any atom is -0.321 e. The molecule has 0 spiro atoms. The van der Waals surface area contributed by atoms with Crippen LogP contribution in [-0.4, -0.2) is 33.4 Å². The lowest BCUT2D eigenvalue weighted by molar-refractivity contribution is -0.385. The van der Waals surface area contributed by atoms with Gasteiger partial charge in [-0.2, -0.15) is 0 Å². The maximum Gasteiger partial charge on any atom is 0.276 e. The van der Waals surface area contributed by atoms with Gasteiger partial charge in [0.05, 0.1) is 21.3 Å². The van der Waals surface area contributed by atoms with Gasteiger partial charge in [0.2, 0.25) is 5.91 Å². The van der Waals surface area contributed by atoms with Crippen LogP contribution in [0.1, 0.15) is 15.9 Å². The molecule has 0 saturated heterocycles. The molecule has 0 bridgehead atoms. The summed E-state index contributed by atoms with van der Waals surface area (Å²) in [5, 5.41) is 19.9. The largest absolute Gasteiger partial charge is 0.321 e. The van der Waals surface area contributed by atoms with Crippen LogP contribution in [0.15, 0.2) is 108 Å². The van der Waals surface area contributed by atoms with Gasteiger partial charge in [-0.25, -0.2) is 4.98 Å². The van der Waals surface area contributed by atoms with E-state index in [1.54, 1.807) is 72.8 Å². The molecule has 0 aliphatic heterocycles. The Morgan fingerprint density at radius 1 is 0.902 bits per heavy atom. The number of carbonyl (C=O) groups excluding carboxylic acids is 3. The van der Waals surface area contributed by atoms with E-state index < -0.39 is 16.7 Å². The maximum atomic E-state index is 13.2. The van der Waals surface area contributed by atoms with Crippen molar-refractivity contribution in [2.24, 2.45) is 0 Å². The average molecular weight is 588 g/mol. The van der Waals surface area contributed by atoms with Gasteiger partial charge in [0.1, 0.15) is 11.5 Å². The minimum absolute atomic E-state index is 0.129. The Labute approximate surface area is 244 Å². The Morgan fingerprint density at radius 3 is 2.29 bits per heavy atom. The van der Waals surface area contributed by atoms with Crippen molar-refractivity contribution in [3.8, 4) is 0 Å². The summed E-state index contributed by atoms with van der Waals surface area (Å²) in [5.41, 5.74) is 0.473. The molecule has 0 saturated carbocycles. The summed E-state index contributed by atoms with van der Waals surface area (Å²) in [6.07, 6.45) is 2.69. The lowest BCUT2D eigenvalue weighted by atomic mass is 10.1. The lowest BCUT2D eigenvalue weighted by Gasteiger charge is -2.12. The van der Waals surface area contributed by atoms with E-state index >= 15 is 0 Å². The summed E-state index contributed by atoms with van der Waals surface area (Å²) in [4.78, 5) is 54.0. The Balaban J connectivity index is 1.45. The molecule has 10 nitrogen and oxygen atoms in total. The highest BCUT2D eigenvalue weighted by Crippen LogP contribution is 2.23. The van der Waals surface area contributed by atoms with Crippen molar-refractivity contribution < 1.29 is 19.3 Å². The molecular weight excluding hydrogens is 566 g/mol. The molecule has 0 fully saturated rings. The van der Waals surface area contributed by atoms with Crippen molar-refractivity contribution in [1.29, 1.82) is 0 Å². The van der Waals surface area contributed by atoms with Gasteiger partial charge in [-0.3, -0.25) is 24.5 Å². The first-order valence-electron chi connectivity index (χ1n) is 12.1. The van der Waals surface area contributed by atoms with E-state index in [1.165, 1.54) is 42.2 Å². The first-order chi connectivity index (χ1) is 19.8. The van der Waals surface area contributed by atoms with Crippen molar-refractivity contribution >= 4 is 64.4 Å². The Bertz CT molecular complexity index is 1600. The van der Waals surface area contributed by atoms with Crippen LogP contribution in [0.5, 0.6) is 0 Å². The Kier molecular flexibility index (Phi) is 9.81. The number of hydrogen-bond acceptors (Lipinski definition) is 7. The summed E-state index contributed by atoms with van der Waals surface area (Å²) >= 11 is 7.09. The van der Waals surface area contributed by atoms with Crippen molar-refractivity contribution in [3.63, 3.8) is 0 Å². The Morgan fingerprint density at radius 2 is 1.61 bits per heavy atom. The molecule has 0 aliphatic carbocycles. The van der Waals surface area contributed by atoms with Gasteiger partial charge in [-0.1, -0.05) is 41.9 Å². The number of hydrogen-bond donors (Lipinski definition) is 3. The van der Waals surface area contributed by atoms with Crippen LogP contribution in [-0.2, 0) is 9.59 Å². The fourth-order valence-corrected chi connectivity index (χ4v) is 4.29. The van der Waals surface area contributed by atoms with E-state index in [1.807, 2.05) is 0 Å². The average Bonchev–Trinajstić information content (AvgIpc) is 2.98. The standard InChI is InChI=1S/C29H22ClN5O5S/c30-21-10-15-26(31-17-21)34-27(36)18-41-23-13-11-22(12-14-23)32-29(38)24(33-28(37)19-6-2-1-3-7-19)16-20-8-4-5-9-25(20)35(39)40/h1-17H,18H2,(H,32,38)(H,33,37)(H,31,34,36)/b24-16-. The first-order valence-corrected chi connectivity index (χ1v) is 13.4. The van der Waals surface area contributed by atoms with E-state index in [-0.39, 0.29) is 28.6 Å². The zero-order chi connectivity index (χ0) is 29.2. The van der Waals surface area contributed by atoms with Crippen LogP contribution in [0, 0.1) is 10.1 Å². The molecule has 4 aromatic rings. The van der Waals surface area contributed by atoms with Gasteiger partial charge in [0.25, 0.3) is 17.5 Å². The Hall–Kier alpha value is -5.00. The number of nitro benzene ring substituents is 1. The van der Waals surface area contributed by atoms with Gasteiger partial charge in [-0.15, -0.1) is 11.8 Å². The van der Waals surface area contributed by atoms with E-state index in [4.69, 9.17) is 11.6 Å².